The van der Waals surface area contributed by atoms with E-state index in [0.717, 1.165) is 0 Å². The fraction of sp³-hybridized carbons (Fsp3) is 0.778. The molecular weight excluding hydrogens is 202 g/mol. The quantitative estimate of drug-likeness (QED) is 0.651. The van der Waals surface area contributed by atoms with Crippen LogP contribution >= 0.6 is 0 Å². The first-order chi connectivity index (χ1) is 6.41. The van der Waals surface area contributed by atoms with Crippen molar-refractivity contribution in [1.82, 2.24) is 5.32 Å². The SMILES string of the molecule is CC(=O)CC(=O)NC(C)CCS(C)=O. The van der Waals surface area contributed by atoms with Gasteiger partial charge in [0.25, 0.3) is 0 Å². The third-order valence-electron chi connectivity index (χ3n) is 1.66. The van der Waals surface area contributed by atoms with Gasteiger partial charge in [-0.05, 0) is 20.3 Å². The molecule has 5 heteroatoms. The van der Waals surface area contributed by atoms with Crippen LogP contribution in [0.4, 0.5) is 0 Å². The van der Waals surface area contributed by atoms with E-state index in [0.29, 0.717) is 12.2 Å². The summed E-state index contributed by atoms with van der Waals surface area (Å²) in [5.41, 5.74) is 0. The Morgan fingerprint density at radius 2 is 2.00 bits per heavy atom. The third kappa shape index (κ3) is 7.91. The molecule has 1 N–H and O–H groups in total. The standard InChI is InChI=1S/C9H17NO3S/c1-7(4-5-14(3)13)10-9(12)6-8(2)11/h7H,4-6H2,1-3H3,(H,10,12). The zero-order valence-corrected chi connectivity index (χ0v) is 9.65. The van der Waals surface area contributed by atoms with E-state index in [1.165, 1.54) is 6.92 Å². The maximum absolute atomic E-state index is 11.1. The van der Waals surface area contributed by atoms with Crippen LogP contribution in [0.2, 0.25) is 0 Å². The molecule has 1 amide bonds. The Hall–Kier alpha value is -0.710. The molecule has 82 valence electrons. The van der Waals surface area contributed by atoms with Crippen LogP contribution in [-0.4, -0.2) is 33.9 Å². The lowest BCUT2D eigenvalue weighted by Gasteiger charge is -2.12. The molecule has 0 aliphatic rings. The van der Waals surface area contributed by atoms with Crippen molar-refractivity contribution in [2.24, 2.45) is 0 Å². The molecule has 0 saturated heterocycles. The van der Waals surface area contributed by atoms with Crippen LogP contribution in [0, 0.1) is 0 Å². The summed E-state index contributed by atoms with van der Waals surface area (Å²) < 4.78 is 10.8. The molecule has 0 heterocycles. The number of ketones is 1. The molecule has 0 rings (SSSR count). The van der Waals surface area contributed by atoms with Gasteiger partial charge in [-0.25, -0.2) is 0 Å². The second-order valence-corrected chi connectivity index (χ2v) is 4.97. The molecule has 0 aliphatic carbocycles. The number of hydrogen-bond acceptors (Lipinski definition) is 3. The second-order valence-electron chi connectivity index (χ2n) is 3.41. The van der Waals surface area contributed by atoms with Crippen molar-refractivity contribution >= 4 is 22.5 Å². The largest absolute Gasteiger partial charge is 0.353 e. The number of Topliss-reactive ketones (excluding diaryl/α,β-unsaturated/α-hetero) is 1. The van der Waals surface area contributed by atoms with Crippen molar-refractivity contribution in [2.75, 3.05) is 12.0 Å². The summed E-state index contributed by atoms with van der Waals surface area (Å²) in [6.07, 6.45) is 2.23. The summed E-state index contributed by atoms with van der Waals surface area (Å²) in [6.45, 7) is 3.22. The molecule has 0 fully saturated rings. The number of carbonyl (C=O) groups is 2. The van der Waals surface area contributed by atoms with E-state index >= 15 is 0 Å². The monoisotopic (exact) mass is 219 g/mol. The zero-order chi connectivity index (χ0) is 11.1. The highest BCUT2D eigenvalue weighted by atomic mass is 32.2. The van der Waals surface area contributed by atoms with Crippen molar-refractivity contribution < 1.29 is 13.8 Å². The van der Waals surface area contributed by atoms with Crippen LogP contribution in [0.15, 0.2) is 0 Å². The van der Waals surface area contributed by atoms with Crippen LogP contribution in [0.25, 0.3) is 0 Å². The molecule has 0 aromatic heterocycles. The Morgan fingerprint density at radius 3 is 2.43 bits per heavy atom. The highest BCUT2D eigenvalue weighted by Gasteiger charge is 2.09. The second kappa shape index (κ2) is 6.70. The molecule has 0 aliphatic heterocycles. The van der Waals surface area contributed by atoms with Gasteiger partial charge in [-0.1, -0.05) is 0 Å². The molecule has 14 heavy (non-hydrogen) atoms. The number of carbonyl (C=O) groups excluding carboxylic acids is 2. The van der Waals surface area contributed by atoms with E-state index in [2.05, 4.69) is 5.32 Å². The lowest BCUT2D eigenvalue weighted by molar-refractivity contribution is -0.127. The molecule has 0 spiro atoms. The maximum Gasteiger partial charge on any atom is 0.227 e. The van der Waals surface area contributed by atoms with Gasteiger partial charge >= 0.3 is 0 Å². The van der Waals surface area contributed by atoms with Gasteiger partial charge in [0.15, 0.2) is 0 Å². The predicted molar refractivity (Wildman–Crippen MR) is 56.5 cm³/mol. The minimum absolute atomic E-state index is 0.0225. The first kappa shape index (κ1) is 13.3. The summed E-state index contributed by atoms with van der Waals surface area (Å²) >= 11 is 0. The first-order valence-corrected chi connectivity index (χ1v) is 6.23. The van der Waals surface area contributed by atoms with E-state index in [1.807, 2.05) is 6.92 Å². The van der Waals surface area contributed by atoms with Gasteiger partial charge in [0.1, 0.15) is 5.78 Å². The van der Waals surface area contributed by atoms with Crippen molar-refractivity contribution in [3.63, 3.8) is 0 Å². The summed E-state index contributed by atoms with van der Waals surface area (Å²) in [5.74, 6) is 0.169. The van der Waals surface area contributed by atoms with Gasteiger partial charge in [0.05, 0.1) is 6.42 Å². The molecule has 2 atom stereocenters. The molecule has 0 aromatic carbocycles. The highest BCUT2D eigenvalue weighted by Crippen LogP contribution is 1.94. The van der Waals surface area contributed by atoms with E-state index in [4.69, 9.17) is 0 Å². The first-order valence-electron chi connectivity index (χ1n) is 4.50. The lowest BCUT2D eigenvalue weighted by atomic mass is 10.2. The number of rotatable bonds is 6. The van der Waals surface area contributed by atoms with E-state index < -0.39 is 10.8 Å². The van der Waals surface area contributed by atoms with Crippen LogP contribution in [0.5, 0.6) is 0 Å². The Morgan fingerprint density at radius 1 is 1.43 bits per heavy atom. The smallest absolute Gasteiger partial charge is 0.227 e. The predicted octanol–water partition coefficient (Wildman–Crippen LogP) is 0.239. The van der Waals surface area contributed by atoms with Crippen LogP contribution in [0.1, 0.15) is 26.7 Å². The van der Waals surface area contributed by atoms with E-state index in [9.17, 15) is 13.8 Å². The van der Waals surface area contributed by atoms with Crippen LogP contribution < -0.4 is 5.32 Å². The maximum atomic E-state index is 11.1. The molecule has 2 unspecified atom stereocenters. The lowest BCUT2D eigenvalue weighted by Crippen LogP contribution is -2.34. The molecule has 0 saturated carbocycles. The van der Waals surface area contributed by atoms with Gasteiger partial charge in [0, 0.05) is 28.9 Å². The Bertz CT molecular complexity index is 240. The number of hydrogen-bond donors (Lipinski definition) is 1. The number of amides is 1. The number of nitrogens with one attached hydrogen (secondary N) is 1. The highest BCUT2D eigenvalue weighted by molar-refractivity contribution is 7.84. The Balaban J connectivity index is 3.71. The van der Waals surface area contributed by atoms with E-state index in [1.54, 1.807) is 6.26 Å². The fourth-order valence-corrected chi connectivity index (χ4v) is 1.65. The normalized spacial score (nSPS) is 14.5. The average molecular weight is 219 g/mol. The summed E-state index contributed by atoms with van der Waals surface area (Å²) in [6, 6.07) is -0.0225. The van der Waals surface area contributed by atoms with Crippen molar-refractivity contribution in [3.8, 4) is 0 Å². The van der Waals surface area contributed by atoms with Crippen molar-refractivity contribution in [2.45, 2.75) is 32.7 Å². The fourth-order valence-electron chi connectivity index (χ4n) is 0.967. The Kier molecular flexibility index (Phi) is 6.36. The molecule has 4 nitrogen and oxygen atoms in total. The summed E-state index contributed by atoms with van der Waals surface area (Å²) in [4.78, 5) is 21.7. The van der Waals surface area contributed by atoms with Gasteiger partial charge in [0.2, 0.25) is 5.91 Å². The molecular formula is C9H17NO3S. The van der Waals surface area contributed by atoms with Crippen molar-refractivity contribution in [3.05, 3.63) is 0 Å². The van der Waals surface area contributed by atoms with Gasteiger partial charge < -0.3 is 5.32 Å². The summed E-state index contributed by atoms with van der Waals surface area (Å²) in [7, 11) is -0.830. The minimum atomic E-state index is -0.830. The zero-order valence-electron chi connectivity index (χ0n) is 8.83. The average Bonchev–Trinajstić information content (AvgIpc) is 1.98. The minimum Gasteiger partial charge on any atom is -0.353 e. The molecule has 0 bridgehead atoms. The third-order valence-corrected chi connectivity index (χ3v) is 2.47. The van der Waals surface area contributed by atoms with Crippen molar-refractivity contribution in [1.29, 1.82) is 0 Å². The topological polar surface area (TPSA) is 63.2 Å². The van der Waals surface area contributed by atoms with Gasteiger partial charge in [-0.3, -0.25) is 13.8 Å². The van der Waals surface area contributed by atoms with E-state index in [-0.39, 0.29) is 24.2 Å². The van der Waals surface area contributed by atoms with Crippen LogP contribution in [0.3, 0.4) is 0 Å². The molecule has 0 aromatic rings. The van der Waals surface area contributed by atoms with Gasteiger partial charge in [-0.2, -0.15) is 0 Å². The summed E-state index contributed by atoms with van der Waals surface area (Å²) in [5, 5.41) is 2.67. The van der Waals surface area contributed by atoms with Crippen LogP contribution in [-0.2, 0) is 20.4 Å². The molecule has 0 radical (unpaired) electrons. The van der Waals surface area contributed by atoms with Gasteiger partial charge in [-0.15, -0.1) is 0 Å². The Labute approximate surface area is 86.9 Å².